The van der Waals surface area contributed by atoms with E-state index in [1.807, 2.05) is 62.4 Å². The fraction of sp³-hybridized carbons (Fsp3) is 0.333. The average Bonchev–Trinajstić information content (AvgIpc) is 2.59. The van der Waals surface area contributed by atoms with Crippen LogP contribution in [0.2, 0.25) is 0 Å². The first-order chi connectivity index (χ1) is 12.0. The van der Waals surface area contributed by atoms with E-state index in [0.717, 1.165) is 23.2 Å². The van der Waals surface area contributed by atoms with E-state index in [2.05, 4.69) is 5.32 Å². The molecule has 0 aliphatic carbocycles. The highest BCUT2D eigenvalue weighted by molar-refractivity contribution is 5.92. The second-order valence-corrected chi connectivity index (χ2v) is 6.31. The van der Waals surface area contributed by atoms with Crippen molar-refractivity contribution in [2.75, 3.05) is 18.4 Å². The van der Waals surface area contributed by atoms with Crippen molar-refractivity contribution in [2.45, 2.75) is 33.6 Å². The first-order valence-electron chi connectivity index (χ1n) is 8.63. The molecule has 2 aromatic rings. The molecule has 132 valence electrons. The molecule has 4 heteroatoms. The highest BCUT2D eigenvalue weighted by atomic mass is 16.2. The van der Waals surface area contributed by atoms with Crippen molar-refractivity contribution >= 4 is 17.5 Å². The van der Waals surface area contributed by atoms with Crippen LogP contribution in [-0.4, -0.2) is 29.8 Å². The van der Waals surface area contributed by atoms with E-state index >= 15 is 0 Å². The molecule has 0 saturated carbocycles. The van der Waals surface area contributed by atoms with Crippen LogP contribution >= 0.6 is 0 Å². The Morgan fingerprint density at radius 1 is 0.920 bits per heavy atom. The average molecular weight is 338 g/mol. The molecule has 0 spiro atoms. The van der Waals surface area contributed by atoms with Gasteiger partial charge in [0.05, 0.1) is 0 Å². The van der Waals surface area contributed by atoms with Crippen LogP contribution in [0.15, 0.2) is 48.5 Å². The largest absolute Gasteiger partial charge is 0.342 e. The van der Waals surface area contributed by atoms with E-state index in [0.29, 0.717) is 19.5 Å². The van der Waals surface area contributed by atoms with Crippen LogP contribution in [0.25, 0.3) is 0 Å². The van der Waals surface area contributed by atoms with Crippen LogP contribution < -0.4 is 5.32 Å². The number of para-hydroxylation sites is 1. The number of nitrogens with one attached hydrogen (secondary N) is 1. The molecule has 0 aliphatic rings. The lowest BCUT2D eigenvalue weighted by atomic mass is 10.1. The number of rotatable bonds is 7. The monoisotopic (exact) mass is 338 g/mol. The summed E-state index contributed by atoms with van der Waals surface area (Å²) in [5.74, 6) is -0.0702. The Bertz CT molecular complexity index is 706. The van der Waals surface area contributed by atoms with E-state index in [4.69, 9.17) is 0 Å². The molecule has 0 aromatic heterocycles. The summed E-state index contributed by atoms with van der Waals surface area (Å²) >= 11 is 0. The van der Waals surface area contributed by atoms with Gasteiger partial charge in [0, 0.05) is 32.1 Å². The Kier molecular flexibility index (Phi) is 6.75. The third kappa shape index (κ3) is 5.75. The maximum absolute atomic E-state index is 12.3. The van der Waals surface area contributed by atoms with Crippen molar-refractivity contribution in [3.05, 3.63) is 65.2 Å². The SMILES string of the molecule is CC(=O)N(CCC(=O)Nc1c(C)cccc1C)CCc1ccccc1. The molecule has 2 amide bonds. The third-order valence-corrected chi connectivity index (χ3v) is 4.31. The molecule has 0 atom stereocenters. The summed E-state index contributed by atoms with van der Waals surface area (Å²) in [5.41, 5.74) is 4.14. The second-order valence-electron chi connectivity index (χ2n) is 6.31. The number of anilines is 1. The minimum Gasteiger partial charge on any atom is -0.342 e. The molecule has 0 saturated heterocycles. The van der Waals surface area contributed by atoms with E-state index in [9.17, 15) is 9.59 Å². The van der Waals surface area contributed by atoms with E-state index in [-0.39, 0.29) is 11.8 Å². The summed E-state index contributed by atoms with van der Waals surface area (Å²) in [5, 5.41) is 2.97. The summed E-state index contributed by atoms with van der Waals surface area (Å²) in [6.07, 6.45) is 1.08. The lowest BCUT2D eigenvalue weighted by Gasteiger charge is -2.21. The molecular weight excluding hydrogens is 312 g/mol. The van der Waals surface area contributed by atoms with Gasteiger partial charge in [-0.15, -0.1) is 0 Å². The number of aryl methyl sites for hydroxylation is 2. The Labute approximate surface area is 149 Å². The maximum Gasteiger partial charge on any atom is 0.226 e. The Hall–Kier alpha value is -2.62. The van der Waals surface area contributed by atoms with Crippen LogP contribution in [-0.2, 0) is 16.0 Å². The molecule has 4 nitrogen and oxygen atoms in total. The summed E-state index contributed by atoms with van der Waals surface area (Å²) in [4.78, 5) is 25.8. The van der Waals surface area contributed by atoms with Crippen LogP contribution in [0.5, 0.6) is 0 Å². The molecule has 0 bridgehead atoms. The second kappa shape index (κ2) is 9.02. The number of amides is 2. The van der Waals surface area contributed by atoms with Gasteiger partial charge < -0.3 is 10.2 Å². The predicted molar refractivity (Wildman–Crippen MR) is 102 cm³/mol. The van der Waals surface area contributed by atoms with Gasteiger partial charge in [-0.3, -0.25) is 9.59 Å². The zero-order chi connectivity index (χ0) is 18.2. The predicted octanol–water partition coefficient (Wildman–Crippen LogP) is 3.72. The van der Waals surface area contributed by atoms with Crippen LogP contribution in [0.4, 0.5) is 5.69 Å². The van der Waals surface area contributed by atoms with Crippen LogP contribution in [0.1, 0.15) is 30.0 Å². The first-order valence-corrected chi connectivity index (χ1v) is 8.63. The smallest absolute Gasteiger partial charge is 0.226 e. The van der Waals surface area contributed by atoms with Gasteiger partial charge in [-0.05, 0) is 37.0 Å². The first kappa shape index (κ1) is 18.7. The standard InChI is InChI=1S/C21H26N2O2/c1-16-8-7-9-17(2)21(16)22-20(25)13-15-23(18(3)24)14-12-19-10-5-4-6-11-19/h4-11H,12-15H2,1-3H3,(H,22,25). The van der Waals surface area contributed by atoms with E-state index < -0.39 is 0 Å². The summed E-state index contributed by atoms with van der Waals surface area (Å²) in [6, 6.07) is 16.0. The zero-order valence-electron chi connectivity index (χ0n) is 15.2. The van der Waals surface area contributed by atoms with Crippen molar-refractivity contribution in [3.8, 4) is 0 Å². The van der Waals surface area contributed by atoms with Crippen molar-refractivity contribution in [2.24, 2.45) is 0 Å². The summed E-state index contributed by atoms with van der Waals surface area (Å²) in [7, 11) is 0. The van der Waals surface area contributed by atoms with E-state index in [1.165, 1.54) is 5.56 Å². The third-order valence-electron chi connectivity index (χ3n) is 4.31. The van der Waals surface area contributed by atoms with Crippen LogP contribution in [0.3, 0.4) is 0 Å². The zero-order valence-corrected chi connectivity index (χ0v) is 15.2. The number of carbonyl (C=O) groups excluding carboxylic acids is 2. The summed E-state index contributed by atoms with van der Waals surface area (Å²) < 4.78 is 0. The Morgan fingerprint density at radius 3 is 2.16 bits per heavy atom. The molecule has 0 fully saturated rings. The molecule has 2 aromatic carbocycles. The topological polar surface area (TPSA) is 49.4 Å². The van der Waals surface area contributed by atoms with Gasteiger partial charge in [0.1, 0.15) is 0 Å². The fourth-order valence-corrected chi connectivity index (χ4v) is 2.79. The molecule has 1 N–H and O–H groups in total. The number of carbonyl (C=O) groups is 2. The van der Waals surface area contributed by atoms with Gasteiger partial charge in [-0.2, -0.15) is 0 Å². The Morgan fingerprint density at radius 2 is 1.56 bits per heavy atom. The highest BCUT2D eigenvalue weighted by Crippen LogP contribution is 2.19. The van der Waals surface area contributed by atoms with Gasteiger partial charge in [0.15, 0.2) is 0 Å². The van der Waals surface area contributed by atoms with Gasteiger partial charge in [-0.1, -0.05) is 48.5 Å². The number of benzene rings is 2. The normalized spacial score (nSPS) is 10.4. The van der Waals surface area contributed by atoms with Crippen LogP contribution in [0, 0.1) is 13.8 Å². The maximum atomic E-state index is 12.3. The van der Waals surface area contributed by atoms with Gasteiger partial charge in [0.25, 0.3) is 0 Å². The molecule has 0 radical (unpaired) electrons. The lowest BCUT2D eigenvalue weighted by molar-refractivity contribution is -0.129. The fourth-order valence-electron chi connectivity index (χ4n) is 2.79. The molecule has 0 aliphatic heterocycles. The molecule has 0 unspecified atom stereocenters. The van der Waals surface area contributed by atoms with Gasteiger partial charge >= 0.3 is 0 Å². The van der Waals surface area contributed by atoms with Gasteiger partial charge in [-0.25, -0.2) is 0 Å². The minimum atomic E-state index is -0.0663. The van der Waals surface area contributed by atoms with Crippen molar-refractivity contribution in [3.63, 3.8) is 0 Å². The van der Waals surface area contributed by atoms with E-state index in [1.54, 1.807) is 11.8 Å². The highest BCUT2D eigenvalue weighted by Gasteiger charge is 2.12. The van der Waals surface area contributed by atoms with Crippen molar-refractivity contribution < 1.29 is 9.59 Å². The Balaban J connectivity index is 1.88. The van der Waals surface area contributed by atoms with Crippen molar-refractivity contribution in [1.82, 2.24) is 4.90 Å². The van der Waals surface area contributed by atoms with Gasteiger partial charge in [0.2, 0.25) is 11.8 Å². The molecular formula is C21H26N2O2. The van der Waals surface area contributed by atoms with Crippen molar-refractivity contribution in [1.29, 1.82) is 0 Å². The minimum absolute atomic E-state index is 0.00389. The molecule has 0 heterocycles. The number of nitrogens with zero attached hydrogens (tertiary/aromatic N) is 1. The lowest BCUT2D eigenvalue weighted by Crippen LogP contribution is -2.33. The quantitative estimate of drug-likeness (QED) is 0.836. The summed E-state index contributed by atoms with van der Waals surface area (Å²) in [6.45, 7) is 6.55. The number of hydrogen-bond donors (Lipinski definition) is 1. The molecule has 2 rings (SSSR count). The number of hydrogen-bond acceptors (Lipinski definition) is 2. The molecule has 25 heavy (non-hydrogen) atoms.